The Morgan fingerprint density at radius 2 is 2.57 bits per heavy atom. The summed E-state index contributed by atoms with van der Waals surface area (Å²) in [5.74, 6) is 0. The molecule has 0 aromatic carbocycles. The minimum Gasteiger partial charge on any atom is -0.356 e. The average Bonchev–Trinajstić information content (AvgIpc) is 1.87. The first-order chi connectivity index (χ1) is 3.29. The highest BCUT2D eigenvalue weighted by Gasteiger charge is 2.01. The fourth-order valence-electron chi connectivity index (χ4n) is 0.456. The zero-order valence-electron chi connectivity index (χ0n) is 4.06. The monoisotopic (exact) mass is 114 g/mol. The summed E-state index contributed by atoms with van der Waals surface area (Å²) >= 11 is 4.70. The van der Waals surface area contributed by atoms with Crippen LogP contribution in [0.3, 0.4) is 0 Å². The van der Waals surface area contributed by atoms with E-state index in [9.17, 15) is 0 Å². The Balaban J connectivity index is 2.67. The molecule has 0 fully saturated rings. The quantitative estimate of drug-likeness (QED) is 0.459. The van der Waals surface area contributed by atoms with E-state index in [2.05, 4.69) is 10.3 Å². The van der Waals surface area contributed by atoms with E-state index in [0.29, 0.717) is 5.11 Å². The third-order valence-corrected chi connectivity index (χ3v) is 1.02. The molecule has 0 radical (unpaired) electrons. The van der Waals surface area contributed by atoms with Gasteiger partial charge in [-0.25, -0.2) is 4.99 Å². The molecule has 0 aromatic rings. The third kappa shape index (κ3) is 0.962. The average molecular weight is 114 g/mol. The normalized spacial score (nSPS) is 19.0. The van der Waals surface area contributed by atoms with Crippen LogP contribution < -0.4 is 5.32 Å². The van der Waals surface area contributed by atoms with E-state index in [1.165, 1.54) is 0 Å². The lowest BCUT2D eigenvalue weighted by atomic mass is 10.4. The van der Waals surface area contributed by atoms with Gasteiger partial charge in [-0.05, 0) is 19.1 Å². The molecule has 1 rings (SSSR count). The lowest BCUT2D eigenvalue weighted by Gasteiger charge is -1.83. The fraction of sp³-hybridized carbons (Fsp3) is 0.500. The van der Waals surface area contributed by atoms with Gasteiger partial charge in [0.25, 0.3) is 0 Å². The molecule has 7 heavy (non-hydrogen) atoms. The molecule has 38 valence electrons. The number of nitrogens with zero attached hydrogens (tertiary/aromatic N) is 1. The van der Waals surface area contributed by atoms with Gasteiger partial charge in [0.15, 0.2) is 5.11 Å². The highest BCUT2D eigenvalue weighted by Crippen LogP contribution is 1.86. The number of hydrogen-bond donors (Lipinski definition) is 1. The van der Waals surface area contributed by atoms with Crippen molar-refractivity contribution in [2.45, 2.75) is 6.92 Å². The number of aliphatic imine (C=N–C) groups is 1. The zero-order chi connectivity index (χ0) is 5.28. The van der Waals surface area contributed by atoms with Gasteiger partial charge in [0, 0.05) is 5.71 Å². The Labute approximate surface area is 47.6 Å². The van der Waals surface area contributed by atoms with Gasteiger partial charge in [0.2, 0.25) is 0 Å². The number of rotatable bonds is 0. The second kappa shape index (κ2) is 1.58. The summed E-state index contributed by atoms with van der Waals surface area (Å²) in [6, 6.07) is 0. The maximum absolute atomic E-state index is 4.70. The molecule has 0 amide bonds. The first-order valence-electron chi connectivity index (χ1n) is 2.11. The van der Waals surface area contributed by atoms with Crippen LogP contribution in [0.25, 0.3) is 0 Å². The van der Waals surface area contributed by atoms with Crippen LogP contribution in [0.4, 0.5) is 0 Å². The van der Waals surface area contributed by atoms with Gasteiger partial charge in [-0.15, -0.1) is 0 Å². The van der Waals surface area contributed by atoms with Gasteiger partial charge in [-0.3, -0.25) is 0 Å². The van der Waals surface area contributed by atoms with Crippen molar-refractivity contribution in [1.82, 2.24) is 5.32 Å². The van der Waals surface area contributed by atoms with Crippen molar-refractivity contribution < 1.29 is 0 Å². The van der Waals surface area contributed by atoms with Gasteiger partial charge >= 0.3 is 0 Å². The topological polar surface area (TPSA) is 24.4 Å². The predicted molar refractivity (Wildman–Crippen MR) is 33.7 cm³/mol. The second-order valence-electron chi connectivity index (χ2n) is 1.51. The summed E-state index contributed by atoms with van der Waals surface area (Å²) in [5, 5.41) is 3.52. The standard InChI is InChI=1S/C4H6N2S/c1-3-2-5-4(7)6-3/h2H2,1H3,(H,5,7). The SMILES string of the molecule is CC1=NC(=S)NC1. The summed E-state index contributed by atoms with van der Waals surface area (Å²) < 4.78 is 0. The maximum Gasteiger partial charge on any atom is 0.193 e. The van der Waals surface area contributed by atoms with E-state index in [4.69, 9.17) is 12.2 Å². The molecule has 1 heterocycles. The largest absolute Gasteiger partial charge is 0.356 e. The maximum atomic E-state index is 4.70. The molecule has 2 nitrogen and oxygen atoms in total. The van der Waals surface area contributed by atoms with E-state index in [-0.39, 0.29) is 0 Å². The van der Waals surface area contributed by atoms with Gasteiger partial charge in [-0.1, -0.05) is 0 Å². The lowest BCUT2D eigenvalue weighted by Crippen LogP contribution is -2.14. The first-order valence-corrected chi connectivity index (χ1v) is 2.52. The highest BCUT2D eigenvalue weighted by atomic mass is 32.1. The Hall–Kier alpha value is -0.440. The van der Waals surface area contributed by atoms with Crippen LogP contribution in [-0.4, -0.2) is 17.4 Å². The van der Waals surface area contributed by atoms with E-state index >= 15 is 0 Å². The van der Waals surface area contributed by atoms with Crippen molar-refractivity contribution in [2.24, 2.45) is 4.99 Å². The number of nitrogens with one attached hydrogen (secondary N) is 1. The second-order valence-corrected chi connectivity index (χ2v) is 1.89. The molecule has 0 saturated carbocycles. The molecule has 0 spiro atoms. The number of hydrogen-bond acceptors (Lipinski definition) is 1. The van der Waals surface area contributed by atoms with Crippen LogP contribution in [0.5, 0.6) is 0 Å². The minimum absolute atomic E-state index is 0.623. The van der Waals surface area contributed by atoms with E-state index < -0.39 is 0 Å². The van der Waals surface area contributed by atoms with Crippen molar-refractivity contribution in [1.29, 1.82) is 0 Å². The molecule has 0 unspecified atom stereocenters. The highest BCUT2D eigenvalue weighted by molar-refractivity contribution is 7.80. The molecule has 1 N–H and O–H groups in total. The summed E-state index contributed by atoms with van der Waals surface area (Å²) in [5.41, 5.74) is 1.07. The fourth-order valence-corrected chi connectivity index (χ4v) is 0.684. The van der Waals surface area contributed by atoms with Crippen LogP contribution in [0, 0.1) is 0 Å². The van der Waals surface area contributed by atoms with Crippen LogP contribution in [0.15, 0.2) is 4.99 Å². The van der Waals surface area contributed by atoms with Gasteiger partial charge in [0.1, 0.15) is 0 Å². The zero-order valence-corrected chi connectivity index (χ0v) is 4.88. The van der Waals surface area contributed by atoms with Crippen molar-refractivity contribution in [3.05, 3.63) is 0 Å². The Kier molecular flexibility index (Phi) is 1.06. The van der Waals surface area contributed by atoms with E-state index in [0.717, 1.165) is 12.3 Å². The van der Waals surface area contributed by atoms with Crippen molar-refractivity contribution in [2.75, 3.05) is 6.54 Å². The van der Waals surface area contributed by atoms with E-state index in [1.807, 2.05) is 6.92 Å². The molecular weight excluding hydrogens is 108 g/mol. The van der Waals surface area contributed by atoms with Gasteiger partial charge in [-0.2, -0.15) is 0 Å². The molecule has 0 saturated heterocycles. The molecule has 0 aromatic heterocycles. The van der Waals surface area contributed by atoms with E-state index in [1.54, 1.807) is 0 Å². The van der Waals surface area contributed by atoms with Crippen LogP contribution in [0.2, 0.25) is 0 Å². The Morgan fingerprint density at radius 1 is 1.86 bits per heavy atom. The van der Waals surface area contributed by atoms with Gasteiger partial charge in [0.05, 0.1) is 6.54 Å². The molecule has 1 aliphatic rings. The molecule has 0 bridgehead atoms. The Bertz CT molecular complexity index is 128. The lowest BCUT2D eigenvalue weighted by molar-refractivity contribution is 1.13. The molecule has 0 atom stereocenters. The van der Waals surface area contributed by atoms with Crippen LogP contribution in [-0.2, 0) is 0 Å². The van der Waals surface area contributed by atoms with Crippen LogP contribution in [0.1, 0.15) is 6.92 Å². The molecular formula is C4H6N2S. The summed E-state index contributed by atoms with van der Waals surface area (Å²) in [4.78, 5) is 3.93. The smallest absolute Gasteiger partial charge is 0.193 e. The predicted octanol–water partition coefficient (Wildman–Crippen LogP) is 0.335. The van der Waals surface area contributed by atoms with Gasteiger partial charge < -0.3 is 5.32 Å². The summed E-state index contributed by atoms with van der Waals surface area (Å²) in [7, 11) is 0. The molecule has 0 aliphatic carbocycles. The van der Waals surface area contributed by atoms with Crippen molar-refractivity contribution in [3.63, 3.8) is 0 Å². The number of thiocarbonyl (C=S) groups is 1. The summed E-state index contributed by atoms with van der Waals surface area (Å²) in [6.45, 7) is 2.78. The summed E-state index contributed by atoms with van der Waals surface area (Å²) in [6.07, 6.45) is 0. The van der Waals surface area contributed by atoms with Crippen LogP contribution >= 0.6 is 12.2 Å². The van der Waals surface area contributed by atoms with Crippen molar-refractivity contribution in [3.8, 4) is 0 Å². The molecule has 1 aliphatic heterocycles. The molecule has 3 heteroatoms. The van der Waals surface area contributed by atoms with Crippen molar-refractivity contribution >= 4 is 23.0 Å². The Morgan fingerprint density at radius 3 is 2.71 bits per heavy atom. The minimum atomic E-state index is 0.623. The first kappa shape index (κ1) is 4.71. The third-order valence-electron chi connectivity index (χ3n) is 0.788.